The number of phenolic OH excluding ortho intramolecular Hbond substituents is 1. The first-order chi connectivity index (χ1) is 15.8. The molecular formula is C25H25NO7. The van der Waals surface area contributed by atoms with Gasteiger partial charge >= 0.3 is 0 Å². The van der Waals surface area contributed by atoms with Gasteiger partial charge in [0.2, 0.25) is 5.78 Å². The summed E-state index contributed by atoms with van der Waals surface area (Å²) in [6.45, 7) is 4.11. The number of para-hydroxylation sites is 1. The molecule has 0 saturated heterocycles. The number of methoxy groups -OCH3 is 1. The molecule has 0 fully saturated rings. The minimum Gasteiger partial charge on any atom is -0.508 e. The highest BCUT2D eigenvalue weighted by molar-refractivity contribution is 6.16. The highest BCUT2D eigenvalue weighted by Crippen LogP contribution is 2.40. The molecule has 1 aliphatic heterocycles. The van der Waals surface area contributed by atoms with Gasteiger partial charge in [0.25, 0.3) is 5.91 Å². The molecule has 8 nitrogen and oxygen atoms in total. The molecule has 0 spiro atoms. The molecule has 1 atom stereocenters. The van der Waals surface area contributed by atoms with Gasteiger partial charge in [-0.2, -0.15) is 0 Å². The van der Waals surface area contributed by atoms with Gasteiger partial charge in [0.1, 0.15) is 5.75 Å². The summed E-state index contributed by atoms with van der Waals surface area (Å²) in [5, 5.41) is 21.4. The molecule has 0 aliphatic carbocycles. The summed E-state index contributed by atoms with van der Waals surface area (Å²) in [5.41, 5.74) is 0.756. The van der Waals surface area contributed by atoms with Gasteiger partial charge in [-0.3, -0.25) is 9.59 Å². The fraction of sp³-hybridized carbons (Fsp3) is 0.280. The Balaban J connectivity index is 1.77. The number of aliphatic hydroxyl groups is 1. The van der Waals surface area contributed by atoms with Crippen LogP contribution in [-0.4, -0.2) is 53.2 Å². The number of phenols is 1. The molecule has 0 saturated carbocycles. The maximum Gasteiger partial charge on any atom is 0.290 e. The van der Waals surface area contributed by atoms with E-state index in [9.17, 15) is 19.8 Å². The molecule has 1 aromatic heterocycles. The van der Waals surface area contributed by atoms with E-state index < -0.39 is 23.5 Å². The maximum atomic E-state index is 13.5. The first-order valence-corrected chi connectivity index (χ1v) is 10.6. The topological polar surface area (TPSA) is 109 Å². The standard InChI is InChI=1S/C25H25NO7/c1-14(2)32-11-10-26-21(15-6-4-8-17(27)12-15)20(23(29)25(26)30)22(28)19-13-16-7-5-9-18(31-3)24(16)33-19/h4-9,12-14,21,27,29H,10-11H2,1-3H3. The molecule has 1 amide bonds. The fourth-order valence-electron chi connectivity index (χ4n) is 3.99. The number of aliphatic hydroxyl groups excluding tert-OH is 1. The summed E-state index contributed by atoms with van der Waals surface area (Å²) in [6, 6.07) is 12.1. The molecule has 0 radical (unpaired) electrons. The van der Waals surface area contributed by atoms with E-state index in [4.69, 9.17) is 13.9 Å². The Hall–Kier alpha value is -3.78. The van der Waals surface area contributed by atoms with E-state index in [-0.39, 0.29) is 36.3 Å². The third-order valence-corrected chi connectivity index (χ3v) is 5.47. The maximum absolute atomic E-state index is 13.5. The second-order valence-corrected chi connectivity index (χ2v) is 8.00. The highest BCUT2D eigenvalue weighted by Gasteiger charge is 2.44. The van der Waals surface area contributed by atoms with E-state index in [2.05, 4.69) is 0 Å². The third kappa shape index (κ3) is 4.17. The van der Waals surface area contributed by atoms with Crippen LogP contribution in [0, 0.1) is 0 Å². The number of nitrogens with zero attached hydrogens (tertiary/aromatic N) is 1. The number of fused-ring (bicyclic) bond motifs is 1. The lowest BCUT2D eigenvalue weighted by Crippen LogP contribution is -2.34. The number of amides is 1. The van der Waals surface area contributed by atoms with Crippen molar-refractivity contribution in [3.63, 3.8) is 0 Å². The van der Waals surface area contributed by atoms with Crippen molar-refractivity contribution in [2.75, 3.05) is 20.3 Å². The van der Waals surface area contributed by atoms with E-state index in [1.54, 1.807) is 36.4 Å². The molecule has 8 heteroatoms. The van der Waals surface area contributed by atoms with Crippen molar-refractivity contribution in [3.8, 4) is 11.5 Å². The second-order valence-electron chi connectivity index (χ2n) is 8.00. The van der Waals surface area contributed by atoms with Crippen LogP contribution in [0.1, 0.15) is 36.0 Å². The number of aromatic hydroxyl groups is 1. The predicted octanol–water partition coefficient (Wildman–Crippen LogP) is 4.15. The summed E-state index contributed by atoms with van der Waals surface area (Å²) < 4.78 is 16.7. The molecule has 2 N–H and O–H groups in total. The monoisotopic (exact) mass is 451 g/mol. The summed E-state index contributed by atoms with van der Waals surface area (Å²) in [6.07, 6.45) is -0.0462. The number of hydrogen-bond donors (Lipinski definition) is 2. The number of Topliss-reactive ketones (excluding diaryl/α,β-unsaturated/α-hetero) is 1. The number of furan rings is 1. The number of ketones is 1. The number of hydrogen-bond acceptors (Lipinski definition) is 7. The van der Waals surface area contributed by atoms with Gasteiger partial charge < -0.3 is 29.0 Å². The van der Waals surface area contributed by atoms with Crippen LogP contribution in [-0.2, 0) is 9.53 Å². The van der Waals surface area contributed by atoms with E-state index in [0.717, 1.165) is 0 Å². The lowest BCUT2D eigenvalue weighted by Gasteiger charge is -2.27. The van der Waals surface area contributed by atoms with Crippen molar-refractivity contribution in [2.24, 2.45) is 0 Å². The van der Waals surface area contributed by atoms with Gasteiger partial charge in [0.05, 0.1) is 31.4 Å². The van der Waals surface area contributed by atoms with Crippen LogP contribution in [0.2, 0.25) is 0 Å². The predicted molar refractivity (Wildman–Crippen MR) is 120 cm³/mol. The Labute approximate surface area is 190 Å². The summed E-state index contributed by atoms with van der Waals surface area (Å²) >= 11 is 0. The molecule has 2 aromatic carbocycles. The average molecular weight is 451 g/mol. The molecule has 2 heterocycles. The van der Waals surface area contributed by atoms with Gasteiger partial charge in [-0.05, 0) is 43.7 Å². The molecular weight excluding hydrogens is 426 g/mol. The number of carbonyl (C=O) groups excluding carboxylic acids is 2. The van der Waals surface area contributed by atoms with Crippen LogP contribution in [0.4, 0.5) is 0 Å². The van der Waals surface area contributed by atoms with Gasteiger partial charge in [0.15, 0.2) is 22.9 Å². The lowest BCUT2D eigenvalue weighted by atomic mass is 9.95. The Morgan fingerprint density at radius 2 is 1.91 bits per heavy atom. The van der Waals surface area contributed by atoms with Crippen molar-refractivity contribution in [1.82, 2.24) is 4.90 Å². The number of benzene rings is 2. The number of carbonyl (C=O) groups is 2. The zero-order valence-electron chi connectivity index (χ0n) is 18.6. The van der Waals surface area contributed by atoms with Crippen LogP contribution in [0.5, 0.6) is 11.5 Å². The molecule has 3 aromatic rings. The average Bonchev–Trinajstić information content (AvgIpc) is 3.33. The quantitative estimate of drug-likeness (QED) is 0.495. The smallest absolute Gasteiger partial charge is 0.290 e. The van der Waals surface area contributed by atoms with Crippen LogP contribution >= 0.6 is 0 Å². The minimum absolute atomic E-state index is 0.0232. The molecule has 4 rings (SSSR count). The lowest BCUT2D eigenvalue weighted by molar-refractivity contribution is -0.130. The molecule has 1 unspecified atom stereocenters. The van der Waals surface area contributed by atoms with E-state index in [1.165, 1.54) is 24.1 Å². The summed E-state index contributed by atoms with van der Waals surface area (Å²) in [4.78, 5) is 27.9. The highest BCUT2D eigenvalue weighted by atomic mass is 16.5. The van der Waals surface area contributed by atoms with Crippen LogP contribution in [0.15, 0.2) is 64.3 Å². The SMILES string of the molecule is COc1cccc2cc(C(=O)C3=C(O)C(=O)N(CCOC(C)C)C3c3cccc(O)c3)oc12. The van der Waals surface area contributed by atoms with Gasteiger partial charge in [-0.15, -0.1) is 0 Å². The van der Waals surface area contributed by atoms with Gasteiger partial charge in [-0.1, -0.05) is 24.3 Å². The number of ether oxygens (including phenoxy) is 2. The Morgan fingerprint density at radius 1 is 1.15 bits per heavy atom. The van der Waals surface area contributed by atoms with Crippen molar-refractivity contribution < 1.29 is 33.7 Å². The van der Waals surface area contributed by atoms with E-state index in [1.807, 2.05) is 13.8 Å². The molecule has 0 bridgehead atoms. The van der Waals surface area contributed by atoms with Crippen molar-refractivity contribution in [2.45, 2.75) is 26.0 Å². The van der Waals surface area contributed by atoms with Crippen LogP contribution < -0.4 is 4.74 Å². The minimum atomic E-state index is -0.914. The zero-order chi connectivity index (χ0) is 23.7. The summed E-state index contributed by atoms with van der Waals surface area (Å²) in [5.74, 6) is -1.55. The first kappa shape index (κ1) is 22.4. The van der Waals surface area contributed by atoms with E-state index >= 15 is 0 Å². The first-order valence-electron chi connectivity index (χ1n) is 10.6. The third-order valence-electron chi connectivity index (χ3n) is 5.47. The van der Waals surface area contributed by atoms with E-state index in [0.29, 0.717) is 22.3 Å². The Morgan fingerprint density at radius 3 is 2.61 bits per heavy atom. The Bertz CT molecular complexity index is 1240. The fourth-order valence-corrected chi connectivity index (χ4v) is 3.99. The normalized spacial score (nSPS) is 16.3. The largest absolute Gasteiger partial charge is 0.508 e. The van der Waals surface area contributed by atoms with Crippen LogP contribution in [0.3, 0.4) is 0 Å². The zero-order valence-corrected chi connectivity index (χ0v) is 18.6. The van der Waals surface area contributed by atoms with Gasteiger partial charge in [-0.25, -0.2) is 0 Å². The molecule has 172 valence electrons. The van der Waals surface area contributed by atoms with Crippen molar-refractivity contribution >= 4 is 22.7 Å². The second kappa shape index (κ2) is 8.99. The van der Waals surface area contributed by atoms with Gasteiger partial charge in [0, 0.05) is 11.9 Å². The van der Waals surface area contributed by atoms with Crippen molar-refractivity contribution in [3.05, 3.63) is 71.2 Å². The number of rotatable bonds is 8. The Kier molecular flexibility index (Phi) is 6.11. The van der Waals surface area contributed by atoms with Crippen molar-refractivity contribution in [1.29, 1.82) is 0 Å². The molecule has 1 aliphatic rings. The van der Waals surface area contributed by atoms with Crippen LogP contribution in [0.25, 0.3) is 11.0 Å². The summed E-state index contributed by atoms with van der Waals surface area (Å²) in [7, 11) is 1.50. The molecule has 33 heavy (non-hydrogen) atoms.